The zero-order valence-corrected chi connectivity index (χ0v) is 11.1. The van der Waals surface area contributed by atoms with Gasteiger partial charge >= 0.3 is 0 Å². The SMILES string of the molecule is CC1CCCC(SCc2nnsc2NN)C1. The van der Waals surface area contributed by atoms with Gasteiger partial charge in [-0.2, -0.15) is 11.8 Å². The molecule has 0 radical (unpaired) electrons. The van der Waals surface area contributed by atoms with E-state index < -0.39 is 0 Å². The quantitative estimate of drug-likeness (QED) is 0.642. The van der Waals surface area contributed by atoms with Gasteiger partial charge in [-0.25, -0.2) is 5.84 Å². The number of hydrogen-bond acceptors (Lipinski definition) is 6. The molecule has 0 bridgehead atoms. The zero-order valence-electron chi connectivity index (χ0n) is 9.48. The van der Waals surface area contributed by atoms with Crippen molar-refractivity contribution in [3.8, 4) is 0 Å². The van der Waals surface area contributed by atoms with Crippen molar-refractivity contribution in [2.75, 3.05) is 5.43 Å². The highest BCUT2D eigenvalue weighted by Gasteiger charge is 2.20. The lowest BCUT2D eigenvalue weighted by Crippen LogP contribution is -2.15. The molecule has 2 unspecified atom stereocenters. The third kappa shape index (κ3) is 3.09. The van der Waals surface area contributed by atoms with Crippen LogP contribution in [-0.2, 0) is 5.75 Å². The van der Waals surface area contributed by atoms with Crippen molar-refractivity contribution in [3.05, 3.63) is 5.69 Å². The third-order valence-corrected chi connectivity index (χ3v) is 5.07. The molecule has 0 saturated heterocycles. The summed E-state index contributed by atoms with van der Waals surface area (Å²) in [7, 11) is 0. The largest absolute Gasteiger partial charge is 0.313 e. The van der Waals surface area contributed by atoms with E-state index in [-0.39, 0.29) is 0 Å². The van der Waals surface area contributed by atoms with Gasteiger partial charge in [0.15, 0.2) is 0 Å². The van der Waals surface area contributed by atoms with Crippen LogP contribution >= 0.6 is 23.3 Å². The molecular formula is C10H18N4S2. The van der Waals surface area contributed by atoms with Crippen LogP contribution in [0.25, 0.3) is 0 Å². The van der Waals surface area contributed by atoms with E-state index >= 15 is 0 Å². The molecule has 16 heavy (non-hydrogen) atoms. The molecule has 6 heteroatoms. The fourth-order valence-electron chi connectivity index (χ4n) is 2.14. The smallest absolute Gasteiger partial charge is 0.148 e. The number of rotatable bonds is 4. The van der Waals surface area contributed by atoms with Crippen molar-refractivity contribution in [2.45, 2.75) is 43.6 Å². The van der Waals surface area contributed by atoms with Gasteiger partial charge in [-0.1, -0.05) is 24.3 Å². The van der Waals surface area contributed by atoms with Gasteiger partial charge in [0.25, 0.3) is 0 Å². The molecule has 2 atom stereocenters. The molecule has 1 aliphatic carbocycles. The molecule has 3 N–H and O–H groups in total. The van der Waals surface area contributed by atoms with Crippen LogP contribution in [0.1, 0.15) is 38.3 Å². The van der Waals surface area contributed by atoms with Crippen LogP contribution in [0.2, 0.25) is 0 Å². The summed E-state index contributed by atoms with van der Waals surface area (Å²) in [6.45, 7) is 2.35. The summed E-state index contributed by atoms with van der Waals surface area (Å²) in [6, 6.07) is 0. The maximum Gasteiger partial charge on any atom is 0.148 e. The van der Waals surface area contributed by atoms with Crippen LogP contribution < -0.4 is 11.3 Å². The van der Waals surface area contributed by atoms with Crippen molar-refractivity contribution in [1.82, 2.24) is 9.59 Å². The lowest BCUT2D eigenvalue weighted by molar-refractivity contribution is 0.394. The number of nitrogens with zero attached hydrogens (tertiary/aromatic N) is 2. The second kappa shape index (κ2) is 5.84. The minimum absolute atomic E-state index is 0.788. The fraction of sp³-hybridized carbons (Fsp3) is 0.800. The van der Waals surface area contributed by atoms with Gasteiger partial charge in [0.1, 0.15) is 10.7 Å². The van der Waals surface area contributed by atoms with Gasteiger partial charge in [0.2, 0.25) is 0 Å². The minimum atomic E-state index is 0.788. The number of aromatic nitrogens is 2. The summed E-state index contributed by atoms with van der Waals surface area (Å²) in [6.07, 6.45) is 5.45. The van der Waals surface area contributed by atoms with Gasteiger partial charge in [-0.3, -0.25) is 0 Å². The topological polar surface area (TPSA) is 63.8 Å². The van der Waals surface area contributed by atoms with E-state index in [1.807, 2.05) is 11.8 Å². The first-order valence-corrected chi connectivity index (χ1v) is 7.51. The average molecular weight is 258 g/mol. The van der Waals surface area contributed by atoms with Gasteiger partial charge < -0.3 is 5.43 Å². The number of nitrogen functional groups attached to an aromatic ring is 1. The number of hydrazine groups is 1. The highest BCUT2D eigenvalue weighted by molar-refractivity contribution is 7.99. The monoisotopic (exact) mass is 258 g/mol. The first kappa shape index (κ1) is 12.1. The Labute approximate surface area is 105 Å². The second-order valence-electron chi connectivity index (χ2n) is 4.40. The van der Waals surface area contributed by atoms with Gasteiger partial charge in [0, 0.05) is 22.5 Å². The van der Waals surface area contributed by atoms with Gasteiger partial charge in [-0.15, -0.1) is 5.10 Å². The molecule has 1 aliphatic rings. The third-order valence-electron chi connectivity index (χ3n) is 3.03. The van der Waals surface area contributed by atoms with Crippen LogP contribution in [0.15, 0.2) is 0 Å². The van der Waals surface area contributed by atoms with Crippen molar-refractivity contribution in [3.63, 3.8) is 0 Å². The van der Waals surface area contributed by atoms with E-state index in [1.165, 1.54) is 37.2 Å². The molecule has 90 valence electrons. The zero-order chi connectivity index (χ0) is 11.4. The first-order valence-electron chi connectivity index (χ1n) is 5.69. The second-order valence-corrected chi connectivity index (χ2v) is 6.44. The molecule has 1 aromatic rings. The van der Waals surface area contributed by atoms with Gasteiger partial charge in [0.05, 0.1) is 0 Å². The Hall–Kier alpha value is -0.330. The lowest BCUT2D eigenvalue weighted by atomic mass is 9.91. The van der Waals surface area contributed by atoms with Crippen molar-refractivity contribution in [1.29, 1.82) is 0 Å². The molecular weight excluding hydrogens is 240 g/mol. The summed E-state index contributed by atoms with van der Waals surface area (Å²) in [4.78, 5) is 0. The molecule has 0 aliphatic heterocycles. The van der Waals surface area contributed by atoms with E-state index in [2.05, 4.69) is 21.9 Å². The van der Waals surface area contributed by atoms with Crippen molar-refractivity contribution >= 4 is 28.3 Å². The van der Waals surface area contributed by atoms with E-state index in [1.54, 1.807) is 0 Å². The summed E-state index contributed by atoms with van der Waals surface area (Å²) < 4.78 is 3.91. The lowest BCUT2D eigenvalue weighted by Gasteiger charge is -2.25. The molecule has 0 amide bonds. The summed E-state index contributed by atoms with van der Waals surface area (Å²) in [5.74, 6) is 7.20. The number of anilines is 1. The Morgan fingerprint density at radius 3 is 3.19 bits per heavy atom. The van der Waals surface area contributed by atoms with Crippen LogP contribution in [-0.4, -0.2) is 14.8 Å². The Balaban J connectivity index is 1.82. The summed E-state index contributed by atoms with van der Waals surface area (Å²) in [5, 5.41) is 5.78. The molecule has 1 aromatic heterocycles. The molecule has 1 fully saturated rings. The molecule has 0 aromatic carbocycles. The van der Waals surface area contributed by atoms with E-state index in [0.717, 1.165) is 27.6 Å². The summed E-state index contributed by atoms with van der Waals surface area (Å²) >= 11 is 3.32. The molecule has 0 spiro atoms. The Bertz CT molecular complexity index is 328. The first-order chi connectivity index (χ1) is 7.79. The van der Waals surface area contributed by atoms with Crippen molar-refractivity contribution < 1.29 is 0 Å². The molecule has 4 nitrogen and oxygen atoms in total. The average Bonchev–Trinajstić information content (AvgIpc) is 2.74. The highest BCUT2D eigenvalue weighted by Crippen LogP contribution is 2.34. The Kier molecular flexibility index (Phi) is 4.43. The highest BCUT2D eigenvalue weighted by atomic mass is 32.2. The predicted molar refractivity (Wildman–Crippen MR) is 70.4 cm³/mol. The maximum atomic E-state index is 5.40. The van der Waals surface area contributed by atoms with Crippen LogP contribution in [0.5, 0.6) is 0 Å². The Morgan fingerprint density at radius 1 is 1.56 bits per heavy atom. The van der Waals surface area contributed by atoms with Crippen molar-refractivity contribution in [2.24, 2.45) is 11.8 Å². The molecule has 1 heterocycles. The van der Waals surface area contributed by atoms with E-state index in [4.69, 9.17) is 5.84 Å². The number of thioether (sulfide) groups is 1. The number of nitrogens with two attached hydrogens (primary N) is 1. The van der Waals surface area contributed by atoms with E-state index in [9.17, 15) is 0 Å². The summed E-state index contributed by atoms with van der Waals surface area (Å²) in [5.41, 5.74) is 3.65. The standard InChI is InChI=1S/C10H18N4S2/c1-7-3-2-4-8(5-7)15-6-9-10(12-11)16-14-13-9/h7-8,12H,2-6,11H2,1H3. The van der Waals surface area contributed by atoms with Crippen LogP contribution in [0.3, 0.4) is 0 Å². The Morgan fingerprint density at radius 2 is 2.44 bits per heavy atom. The number of nitrogens with one attached hydrogen (secondary N) is 1. The van der Waals surface area contributed by atoms with Crippen LogP contribution in [0, 0.1) is 5.92 Å². The molecule has 2 rings (SSSR count). The van der Waals surface area contributed by atoms with Crippen LogP contribution in [0.4, 0.5) is 5.00 Å². The molecule has 1 saturated carbocycles. The number of hydrogen-bond donors (Lipinski definition) is 2. The fourth-order valence-corrected chi connectivity index (χ4v) is 4.12. The predicted octanol–water partition coefficient (Wildman–Crippen LogP) is 2.64. The normalized spacial score (nSPS) is 25.6. The van der Waals surface area contributed by atoms with Gasteiger partial charge in [-0.05, 0) is 18.8 Å². The maximum absolute atomic E-state index is 5.40. The van der Waals surface area contributed by atoms with E-state index in [0.29, 0.717) is 0 Å². The minimum Gasteiger partial charge on any atom is -0.313 e.